The summed E-state index contributed by atoms with van der Waals surface area (Å²) in [4.78, 5) is 0. The van der Waals surface area contributed by atoms with Gasteiger partial charge in [-0.15, -0.1) is 0 Å². The Kier molecular flexibility index (Phi) is 5.07. The van der Waals surface area contributed by atoms with Gasteiger partial charge in [-0.2, -0.15) is 0 Å². The van der Waals surface area contributed by atoms with Gasteiger partial charge >= 0.3 is 0 Å². The molecule has 0 heterocycles. The number of rotatable bonds is 5. The highest BCUT2D eigenvalue weighted by Crippen LogP contribution is 2.39. The Morgan fingerprint density at radius 1 is 1.39 bits per heavy atom. The second kappa shape index (κ2) is 6.58. The molecule has 0 radical (unpaired) electrons. The average Bonchev–Trinajstić information content (AvgIpc) is 2.89. The maximum absolute atomic E-state index is 5.53. The summed E-state index contributed by atoms with van der Waals surface area (Å²) in [5.74, 6) is 1.74. The first-order chi connectivity index (χ1) is 8.76. The second-order valence-electron chi connectivity index (χ2n) is 4.97. The Balaban J connectivity index is 2.31. The predicted molar refractivity (Wildman–Crippen MR) is 79.1 cm³/mol. The average molecular weight is 312 g/mol. The molecule has 1 aliphatic carbocycles. The van der Waals surface area contributed by atoms with Crippen LogP contribution in [0.2, 0.25) is 0 Å². The van der Waals surface area contributed by atoms with Gasteiger partial charge in [-0.3, -0.25) is 0 Å². The van der Waals surface area contributed by atoms with Gasteiger partial charge in [0.1, 0.15) is 5.75 Å². The van der Waals surface area contributed by atoms with E-state index < -0.39 is 0 Å². The number of hydrogen-bond acceptors (Lipinski definition) is 2. The minimum Gasteiger partial charge on any atom is -0.496 e. The van der Waals surface area contributed by atoms with Crippen LogP contribution in [-0.2, 0) is 0 Å². The Labute approximate surface area is 118 Å². The third kappa shape index (κ3) is 3.07. The molecule has 0 amide bonds. The lowest BCUT2D eigenvalue weighted by Gasteiger charge is -2.26. The van der Waals surface area contributed by atoms with E-state index in [1.54, 1.807) is 7.11 Å². The number of ether oxygens (including phenoxy) is 1. The molecule has 18 heavy (non-hydrogen) atoms. The first-order valence-electron chi connectivity index (χ1n) is 6.83. The van der Waals surface area contributed by atoms with Crippen LogP contribution in [0.1, 0.15) is 44.2 Å². The fourth-order valence-electron chi connectivity index (χ4n) is 2.99. The number of hydrogen-bond donors (Lipinski definition) is 1. The van der Waals surface area contributed by atoms with Crippen LogP contribution in [0.4, 0.5) is 0 Å². The molecule has 0 saturated heterocycles. The molecule has 1 atom stereocenters. The monoisotopic (exact) mass is 311 g/mol. The van der Waals surface area contributed by atoms with E-state index in [0.717, 1.165) is 22.7 Å². The number of methoxy groups -OCH3 is 1. The van der Waals surface area contributed by atoms with Crippen LogP contribution in [0, 0.1) is 5.92 Å². The molecule has 2 rings (SSSR count). The highest BCUT2D eigenvalue weighted by Gasteiger charge is 2.27. The van der Waals surface area contributed by atoms with Crippen molar-refractivity contribution >= 4 is 15.9 Å². The predicted octanol–water partition coefficient (Wildman–Crippen LogP) is 4.30. The van der Waals surface area contributed by atoms with Gasteiger partial charge in [0.15, 0.2) is 0 Å². The molecule has 1 aliphatic rings. The van der Waals surface area contributed by atoms with E-state index in [9.17, 15) is 0 Å². The molecular formula is C15H22BrNO. The van der Waals surface area contributed by atoms with Gasteiger partial charge in [0.05, 0.1) is 7.11 Å². The zero-order chi connectivity index (χ0) is 13.0. The van der Waals surface area contributed by atoms with Crippen molar-refractivity contribution in [2.75, 3.05) is 13.7 Å². The molecular weight excluding hydrogens is 290 g/mol. The van der Waals surface area contributed by atoms with Crippen molar-refractivity contribution in [2.24, 2.45) is 5.92 Å². The van der Waals surface area contributed by atoms with Crippen molar-refractivity contribution in [3.8, 4) is 5.75 Å². The molecule has 1 saturated carbocycles. The van der Waals surface area contributed by atoms with Crippen molar-refractivity contribution in [3.05, 3.63) is 28.2 Å². The summed E-state index contributed by atoms with van der Waals surface area (Å²) in [6.07, 6.45) is 5.38. The highest BCUT2D eigenvalue weighted by molar-refractivity contribution is 9.10. The fourth-order valence-corrected chi connectivity index (χ4v) is 3.37. The van der Waals surface area contributed by atoms with Crippen molar-refractivity contribution in [1.82, 2.24) is 5.32 Å². The minimum atomic E-state index is 0.421. The summed E-state index contributed by atoms with van der Waals surface area (Å²) in [5.41, 5.74) is 1.29. The van der Waals surface area contributed by atoms with E-state index in [-0.39, 0.29) is 0 Å². The van der Waals surface area contributed by atoms with Crippen molar-refractivity contribution < 1.29 is 4.74 Å². The van der Waals surface area contributed by atoms with Gasteiger partial charge in [-0.05, 0) is 43.5 Å². The van der Waals surface area contributed by atoms with Crippen LogP contribution in [0.5, 0.6) is 5.75 Å². The second-order valence-corrected chi connectivity index (χ2v) is 5.88. The summed E-state index contributed by atoms with van der Waals surface area (Å²) in [6.45, 7) is 3.17. The Hall–Kier alpha value is -0.540. The molecule has 3 heteroatoms. The van der Waals surface area contributed by atoms with E-state index in [1.165, 1.54) is 31.2 Å². The van der Waals surface area contributed by atoms with Crippen molar-refractivity contribution in [3.63, 3.8) is 0 Å². The van der Waals surface area contributed by atoms with E-state index in [4.69, 9.17) is 4.74 Å². The lowest BCUT2D eigenvalue weighted by Crippen LogP contribution is -2.27. The summed E-state index contributed by atoms with van der Waals surface area (Å²) >= 11 is 3.57. The quantitative estimate of drug-likeness (QED) is 0.875. The van der Waals surface area contributed by atoms with Crippen molar-refractivity contribution in [1.29, 1.82) is 0 Å². The fraction of sp³-hybridized carbons (Fsp3) is 0.600. The molecule has 1 unspecified atom stereocenters. The van der Waals surface area contributed by atoms with Crippen LogP contribution < -0.4 is 10.1 Å². The highest BCUT2D eigenvalue weighted by atomic mass is 79.9. The molecule has 2 nitrogen and oxygen atoms in total. The lowest BCUT2D eigenvalue weighted by atomic mass is 9.91. The van der Waals surface area contributed by atoms with Gasteiger partial charge in [0.2, 0.25) is 0 Å². The maximum atomic E-state index is 5.53. The van der Waals surface area contributed by atoms with Crippen LogP contribution in [0.15, 0.2) is 22.7 Å². The van der Waals surface area contributed by atoms with E-state index in [1.807, 2.05) is 6.07 Å². The van der Waals surface area contributed by atoms with Gasteiger partial charge in [0.25, 0.3) is 0 Å². The van der Waals surface area contributed by atoms with Crippen LogP contribution in [-0.4, -0.2) is 13.7 Å². The van der Waals surface area contributed by atoms with E-state index >= 15 is 0 Å². The smallest absolute Gasteiger partial charge is 0.123 e. The minimum absolute atomic E-state index is 0.421. The third-order valence-corrected chi connectivity index (χ3v) is 4.32. The number of halogens is 1. The molecule has 1 N–H and O–H groups in total. The molecule has 0 aliphatic heterocycles. The van der Waals surface area contributed by atoms with Crippen molar-refractivity contribution in [2.45, 2.75) is 38.6 Å². The zero-order valence-corrected chi connectivity index (χ0v) is 12.8. The first kappa shape index (κ1) is 13.9. The standard InChI is InChI=1S/C15H22BrNO/c1-3-17-15(11-6-4-5-7-11)13-10-12(16)8-9-14(13)18-2/h8-11,15,17H,3-7H2,1-2H3. The molecule has 1 aromatic rings. The molecule has 1 fully saturated rings. The number of benzene rings is 1. The topological polar surface area (TPSA) is 21.3 Å². The normalized spacial score (nSPS) is 17.9. The lowest BCUT2D eigenvalue weighted by molar-refractivity contribution is 0.349. The van der Waals surface area contributed by atoms with Gasteiger partial charge < -0.3 is 10.1 Å². The molecule has 1 aromatic carbocycles. The summed E-state index contributed by atoms with van der Waals surface area (Å²) in [7, 11) is 1.75. The van der Waals surface area contributed by atoms with Crippen LogP contribution >= 0.6 is 15.9 Å². The van der Waals surface area contributed by atoms with Gasteiger partial charge in [-0.25, -0.2) is 0 Å². The van der Waals surface area contributed by atoms with Crippen LogP contribution in [0.25, 0.3) is 0 Å². The molecule has 0 spiro atoms. The van der Waals surface area contributed by atoms with Gasteiger partial charge in [-0.1, -0.05) is 35.7 Å². The molecule has 100 valence electrons. The summed E-state index contributed by atoms with van der Waals surface area (Å²) in [5, 5.41) is 3.64. The van der Waals surface area contributed by atoms with E-state index in [2.05, 4.69) is 40.3 Å². The Morgan fingerprint density at radius 2 is 2.11 bits per heavy atom. The summed E-state index contributed by atoms with van der Waals surface area (Å²) in [6, 6.07) is 6.72. The SMILES string of the molecule is CCNC(c1cc(Br)ccc1OC)C1CCCC1. The van der Waals surface area contributed by atoms with Gasteiger partial charge in [0, 0.05) is 16.1 Å². The van der Waals surface area contributed by atoms with E-state index in [0.29, 0.717) is 6.04 Å². The summed E-state index contributed by atoms with van der Waals surface area (Å²) < 4.78 is 6.65. The maximum Gasteiger partial charge on any atom is 0.123 e. The van der Waals surface area contributed by atoms with Crippen LogP contribution in [0.3, 0.4) is 0 Å². The Morgan fingerprint density at radius 3 is 2.72 bits per heavy atom. The largest absolute Gasteiger partial charge is 0.496 e. The zero-order valence-electron chi connectivity index (χ0n) is 11.2. The first-order valence-corrected chi connectivity index (χ1v) is 7.62. The molecule has 0 aromatic heterocycles. The molecule has 0 bridgehead atoms. The number of nitrogens with one attached hydrogen (secondary N) is 1. The third-order valence-electron chi connectivity index (χ3n) is 3.82. The Bertz CT molecular complexity index is 388.